The second kappa shape index (κ2) is 10.9. The number of sulfone groups is 2. The van der Waals surface area contributed by atoms with Gasteiger partial charge in [-0.1, -0.05) is 49.2 Å². The zero-order valence-electron chi connectivity index (χ0n) is 27.9. The van der Waals surface area contributed by atoms with E-state index in [1.165, 1.54) is 13.8 Å². The summed E-state index contributed by atoms with van der Waals surface area (Å²) >= 11 is 0. The average molecular weight is 687 g/mol. The monoisotopic (exact) mass is 686 g/mol. The number of amides is 4. The maximum absolute atomic E-state index is 14.6. The van der Waals surface area contributed by atoms with Gasteiger partial charge in [-0.2, -0.15) is 0 Å². The molecule has 2 aliphatic rings. The van der Waals surface area contributed by atoms with Crippen LogP contribution in [0.25, 0.3) is 10.8 Å². The molecular weight excluding hydrogens is 653 g/mol. The molecule has 0 saturated heterocycles. The lowest BCUT2D eigenvalue weighted by atomic mass is 9.84. The van der Waals surface area contributed by atoms with Gasteiger partial charge in [0, 0.05) is 10.8 Å². The van der Waals surface area contributed by atoms with Gasteiger partial charge in [-0.3, -0.25) is 19.2 Å². The van der Waals surface area contributed by atoms with E-state index in [1.807, 2.05) is 13.8 Å². The zero-order chi connectivity index (χ0) is 35.4. The standard InChI is InChI=1S/C36H34N2O8S2/c1-9-47(43,44)25-15-23-28-27-24(34(40)37(35(41)29(25)27)31-19(5)11-17(3)12-20(31)6)16-26(48(45,46)10-2)30(28)36(42)38(33(23)39)32-21(7)13-18(4)14-22(32)8/h11-16H,9-10H2,1-8H3. The van der Waals surface area contributed by atoms with E-state index in [9.17, 15) is 36.0 Å². The highest BCUT2D eigenvalue weighted by Crippen LogP contribution is 2.46. The van der Waals surface area contributed by atoms with Crippen molar-refractivity contribution in [1.29, 1.82) is 0 Å². The minimum atomic E-state index is -4.24. The first kappa shape index (κ1) is 33.2. The van der Waals surface area contributed by atoms with Crippen molar-refractivity contribution in [3.05, 3.63) is 92.0 Å². The van der Waals surface area contributed by atoms with Gasteiger partial charge in [0.15, 0.2) is 19.7 Å². The minimum Gasteiger partial charge on any atom is -0.268 e. The quantitative estimate of drug-likeness (QED) is 0.229. The van der Waals surface area contributed by atoms with Crippen LogP contribution in [0.4, 0.5) is 11.4 Å². The third-order valence-corrected chi connectivity index (χ3v) is 12.7. The van der Waals surface area contributed by atoms with Crippen molar-refractivity contribution in [2.75, 3.05) is 21.3 Å². The van der Waals surface area contributed by atoms with Gasteiger partial charge in [-0.25, -0.2) is 26.6 Å². The van der Waals surface area contributed by atoms with E-state index in [4.69, 9.17) is 0 Å². The summed E-state index contributed by atoms with van der Waals surface area (Å²) in [7, 11) is -8.47. The van der Waals surface area contributed by atoms with Gasteiger partial charge in [0.1, 0.15) is 0 Å². The van der Waals surface area contributed by atoms with E-state index in [-0.39, 0.29) is 44.4 Å². The second-order valence-corrected chi connectivity index (χ2v) is 17.0. The summed E-state index contributed by atoms with van der Waals surface area (Å²) in [6.45, 7) is 13.3. The van der Waals surface area contributed by atoms with Crippen LogP contribution < -0.4 is 9.80 Å². The number of aryl methyl sites for hydroxylation is 6. The number of benzene rings is 4. The fourth-order valence-electron chi connectivity index (χ4n) is 7.25. The van der Waals surface area contributed by atoms with Crippen molar-refractivity contribution >= 4 is 65.5 Å². The molecule has 10 nitrogen and oxygen atoms in total. The Morgan fingerprint density at radius 3 is 1.04 bits per heavy atom. The van der Waals surface area contributed by atoms with Gasteiger partial charge in [0.25, 0.3) is 23.6 Å². The van der Waals surface area contributed by atoms with Crippen molar-refractivity contribution in [2.24, 2.45) is 0 Å². The van der Waals surface area contributed by atoms with Crippen LogP contribution in [0.15, 0.2) is 46.2 Å². The number of anilines is 2. The summed E-state index contributed by atoms with van der Waals surface area (Å²) in [5.74, 6) is -4.58. The lowest BCUT2D eigenvalue weighted by molar-refractivity contribution is 0.0869. The van der Waals surface area contributed by atoms with Crippen LogP contribution in [0.3, 0.4) is 0 Å². The first-order valence-electron chi connectivity index (χ1n) is 15.4. The Morgan fingerprint density at radius 2 is 0.771 bits per heavy atom. The Labute approximate surface area is 279 Å². The number of carbonyl (C=O) groups is 4. The van der Waals surface area contributed by atoms with Gasteiger partial charge >= 0.3 is 0 Å². The molecule has 0 fully saturated rings. The maximum atomic E-state index is 14.6. The molecule has 0 radical (unpaired) electrons. The molecule has 4 aromatic rings. The van der Waals surface area contributed by atoms with Crippen molar-refractivity contribution in [2.45, 2.75) is 65.2 Å². The third kappa shape index (κ3) is 4.56. The molecule has 48 heavy (non-hydrogen) atoms. The van der Waals surface area contributed by atoms with Crippen molar-refractivity contribution < 1.29 is 36.0 Å². The first-order chi connectivity index (χ1) is 22.4. The van der Waals surface area contributed by atoms with Crippen molar-refractivity contribution in [1.82, 2.24) is 0 Å². The molecule has 6 rings (SSSR count). The molecule has 12 heteroatoms. The predicted molar refractivity (Wildman–Crippen MR) is 183 cm³/mol. The van der Waals surface area contributed by atoms with E-state index in [0.717, 1.165) is 33.1 Å². The topological polar surface area (TPSA) is 143 Å². The van der Waals surface area contributed by atoms with Crippen LogP contribution in [-0.2, 0) is 19.7 Å². The van der Waals surface area contributed by atoms with E-state index in [1.54, 1.807) is 52.0 Å². The third-order valence-electron chi connectivity index (χ3n) is 9.18. The summed E-state index contributed by atoms with van der Waals surface area (Å²) in [5.41, 5.74) is 3.11. The van der Waals surface area contributed by atoms with E-state index < -0.39 is 64.6 Å². The van der Waals surface area contributed by atoms with Gasteiger partial charge in [0.05, 0.1) is 54.9 Å². The Bertz CT molecular complexity index is 2230. The van der Waals surface area contributed by atoms with Crippen molar-refractivity contribution in [3.8, 4) is 0 Å². The molecule has 0 aromatic heterocycles. The van der Waals surface area contributed by atoms with Crippen LogP contribution >= 0.6 is 0 Å². The molecule has 0 N–H and O–H groups in total. The SMILES string of the molecule is CCS(=O)(=O)c1cc2c3c(c(S(=O)(=O)CC)cc4c3c1C(=O)N(c1c(C)cc(C)cc1C)C4=O)C(=O)N(c1c(C)cc(C)cc1C)C2=O. The molecule has 0 unspecified atom stereocenters. The number of hydrogen-bond donors (Lipinski definition) is 0. The summed E-state index contributed by atoms with van der Waals surface area (Å²) in [6.07, 6.45) is 0. The smallest absolute Gasteiger partial charge is 0.267 e. The van der Waals surface area contributed by atoms with Gasteiger partial charge < -0.3 is 0 Å². The second-order valence-electron chi connectivity index (χ2n) is 12.5. The molecule has 2 heterocycles. The highest BCUT2D eigenvalue weighted by atomic mass is 32.2. The highest BCUT2D eigenvalue weighted by molar-refractivity contribution is 7.91. The summed E-state index contributed by atoms with van der Waals surface area (Å²) in [5, 5.41) is -0.450. The number of imide groups is 2. The van der Waals surface area contributed by atoms with Crippen LogP contribution in [0.2, 0.25) is 0 Å². The molecule has 0 aliphatic carbocycles. The molecule has 0 spiro atoms. The minimum absolute atomic E-state index is 0.225. The van der Waals surface area contributed by atoms with Gasteiger partial charge in [-0.05, 0) is 75.9 Å². The summed E-state index contributed by atoms with van der Waals surface area (Å²) in [6, 6.07) is 9.22. The molecule has 4 amide bonds. The van der Waals surface area contributed by atoms with E-state index in [2.05, 4.69) is 0 Å². The molecule has 248 valence electrons. The number of carbonyl (C=O) groups excluding carboxylic acids is 4. The van der Waals surface area contributed by atoms with E-state index >= 15 is 0 Å². The maximum Gasteiger partial charge on any atom is 0.267 e. The summed E-state index contributed by atoms with van der Waals surface area (Å²) in [4.78, 5) is 58.9. The molecule has 0 saturated carbocycles. The fourth-order valence-corrected chi connectivity index (χ4v) is 9.47. The highest BCUT2D eigenvalue weighted by Gasteiger charge is 2.47. The van der Waals surface area contributed by atoms with E-state index in [0.29, 0.717) is 22.3 Å². The number of hydrogen-bond acceptors (Lipinski definition) is 8. The van der Waals surface area contributed by atoms with Crippen LogP contribution in [-0.4, -0.2) is 52.0 Å². The van der Waals surface area contributed by atoms with Gasteiger partial charge in [-0.15, -0.1) is 0 Å². The Kier molecular flexibility index (Phi) is 7.56. The molecule has 4 aromatic carbocycles. The average Bonchev–Trinajstić information content (AvgIpc) is 3.00. The van der Waals surface area contributed by atoms with Crippen LogP contribution in [0, 0.1) is 41.5 Å². The van der Waals surface area contributed by atoms with Gasteiger partial charge in [0.2, 0.25) is 0 Å². The Balaban J connectivity index is 1.83. The van der Waals surface area contributed by atoms with Crippen LogP contribution in [0.5, 0.6) is 0 Å². The summed E-state index contributed by atoms with van der Waals surface area (Å²) < 4.78 is 55.1. The van der Waals surface area contributed by atoms with Crippen LogP contribution in [0.1, 0.15) is 88.7 Å². The Morgan fingerprint density at radius 1 is 0.479 bits per heavy atom. The fraction of sp³-hybridized carbons (Fsp3) is 0.278. The number of nitrogens with zero attached hydrogens (tertiary/aromatic N) is 2. The molecule has 0 atom stereocenters. The molecular formula is C36H34N2O8S2. The largest absolute Gasteiger partial charge is 0.268 e. The lowest BCUT2D eigenvalue weighted by Gasteiger charge is -2.35. The lowest BCUT2D eigenvalue weighted by Crippen LogP contribution is -2.45. The zero-order valence-corrected chi connectivity index (χ0v) is 29.5. The first-order valence-corrected chi connectivity index (χ1v) is 18.7. The molecule has 0 bridgehead atoms. The predicted octanol–water partition coefficient (Wildman–Crippen LogP) is 5.88. The number of rotatable bonds is 6. The Hall–Kier alpha value is -4.68. The molecule has 2 aliphatic heterocycles. The normalized spacial score (nSPS) is 14.8. The van der Waals surface area contributed by atoms with Crippen molar-refractivity contribution in [3.63, 3.8) is 0 Å².